The van der Waals surface area contributed by atoms with Crippen molar-refractivity contribution in [1.82, 2.24) is 0 Å². The molecule has 0 fully saturated rings. The fourth-order valence-electron chi connectivity index (χ4n) is 1.70. The standard InChI is InChI=1S/C13H17BrO3/c1-9(16)10(5-6-15)7-11-8-12(17-2)3-4-13(11)14/h3-4,8,10,15H,5-7H2,1-2H3. The summed E-state index contributed by atoms with van der Waals surface area (Å²) in [4.78, 5) is 11.4. The van der Waals surface area contributed by atoms with Gasteiger partial charge in [-0.15, -0.1) is 0 Å². The molecule has 17 heavy (non-hydrogen) atoms. The third kappa shape index (κ3) is 4.13. The molecule has 1 unspecified atom stereocenters. The lowest BCUT2D eigenvalue weighted by Gasteiger charge is -2.14. The van der Waals surface area contributed by atoms with Gasteiger partial charge in [0.2, 0.25) is 0 Å². The number of hydrogen-bond acceptors (Lipinski definition) is 3. The highest BCUT2D eigenvalue weighted by molar-refractivity contribution is 9.10. The fraction of sp³-hybridized carbons (Fsp3) is 0.462. The average Bonchev–Trinajstić information content (AvgIpc) is 2.31. The van der Waals surface area contributed by atoms with Gasteiger partial charge in [-0.05, 0) is 43.5 Å². The first-order chi connectivity index (χ1) is 8.08. The van der Waals surface area contributed by atoms with Crippen molar-refractivity contribution in [3.05, 3.63) is 28.2 Å². The molecule has 1 atom stereocenters. The van der Waals surface area contributed by atoms with E-state index < -0.39 is 0 Å². The van der Waals surface area contributed by atoms with Crippen LogP contribution in [0.25, 0.3) is 0 Å². The van der Waals surface area contributed by atoms with E-state index in [0.29, 0.717) is 12.8 Å². The summed E-state index contributed by atoms with van der Waals surface area (Å²) in [5, 5.41) is 8.95. The van der Waals surface area contributed by atoms with Crippen molar-refractivity contribution in [2.45, 2.75) is 19.8 Å². The Morgan fingerprint density at radius 1 is 1.53 bits per heavy atom. The van der Waals surface area contributed by atoms with Crippen molar-refractivity contribution in [1.29, 1.82) is 0 Å². The van der Waals surface area contributed by atoms with Crippen LogP contribution in [0, 0.1) is 5.92 Å². The molecule has 0 amide bonds. The molecular formula is C13H17BrO3. The summed E-state index contributed by atoms with van der Waals surface area (Å²) in [5.74, 6) is 0.742. The van der Waals surface area contributed by atoms with Gasteiger partial charge in [0, 0.05) is 17.0 Å². The van der Waals surface area contributed by atoms with Crippen LogP contribution in [0.3, 0.4) is 0 Å². The molecule has 1 rings (SSSR count). The van der Waals surface area contributed by atoms with Crippen molar-refractivity contribution in [2.24, 2.45) is 5.92 Å². The predicted octanol–water partition coefficient (Wildman–Crippen LogP) is 2.59. The predicted molar refractivity (Wildman–Crippen MR) is 70.3 cm³/mol. The molecule has 4 heteroatoms. The largest absolute Gasteiger partial charge is 0.497 e. The molecule has 0 bridgehead atoms. The molecule has 0 heterocycles. The molecular weight excluding hydrogens is 284 g/mol. The Hall–Kier alpha value is -0.870. The van der Waals surface area contributed by atoms with Gasteiger partial charge >= 0.3 is 0 Å². The smallest absolute Gasteiger partial charge is 0.133 e. The number of aliphatic hydroxyl groups excluding tert-OH is 1. The van der Waals surface area contributed by atoms with Crippen LogP contribution < -0.4 is 4.74 Å². The van der Waals surface area contributed by atoms with E-state index in [-0.39, 0.29) is 18.3 Å². The van der Waals surface area contributed by atoms with Crippen molar-refractivity contribution in [2.75, 3.05) is 13.7 Å². The van der Waals surface area contributed by atoms with Crippen LogP contribution >= 0.6 is 15.9 Å². The lowest BCUT2D eigenvalue weighted by molar-refractivity contribution is -0.121. The van der Waals surface area contributed by atoms with Crippen molar-refractivity contribution >= 4 is 21.7 Å². The first-order valence-corrected chi connectivity index (χ1v) is 6.31. The van der Waals surface area contributed by atoms with Crippen molar-refractivity contribution in [3.63, 3.8) is 0 Å². The van der Waals surface area contributed by atoms with E-state index in [2.05, 4.69) is 15.9 Å². The zero-order chi connectivity index (χ0) is 12.8. The van der Waals surface area contributed by atoms with E-state index >= 15 is 0 Å². The number of carbonyl (C=O) groups excluding carboxylic acids is 1. The minimum Gasteiger partial charge on any atom is -0.497 e. The SMILES string of the molecule is COc1ccc(Br)c(CC(CCO)C(C)=O)c1. The molecule has 0 spiro atoms. The summed E-state index contributed by atoms with van der Waals surface area (Å²) in [6.45, 7) is 1.60. The number of aliphatic hydroxyl groups is 1. The molecule has 1 aromatic carbocycles. The quantitative estimate of drug-likeness (QED) is 0.878. The third-order valence-electron chi connectivity index (χ3n) is 2.77. The maximum atomic E-state index is 11.4. The Balaban J connectivity index is 2.87. The van der Waals surface area contributed by atoms with Gasteiger partial charge in [0.15, 0.2) is 0 Å². The van der Waals surface area contributed by atoms with Gasteiger partial charge < -0.3 is 9.84 Å². The van der Waals surface area contributed by atoms with E-state index in [1.807, 2.05) is 18.2 Å². The molecule has 1 aromatic rings. The third-order valence-corrected chi connectivity index (χ3v) is 3.55. The maximum absolute atomic E-state index is 11.4. The molecule has 0 saturated heterocycles. The Morgan fingerprint density at radius 2 is 2.24 bits per heavy atom. The van der Waals surface area contributed by atoms with Gasteiger partial charge in [0.1, 0.15) is 11.5 Å². The number of hydrogen-bond donors (Lipinski definition) is 1. The summed E-state index contributed by atoms with van der Waals surface area (Å²) < 4.78 is 6.12. The first kappa shape index (κ1) is 14.2. The van der Waals surface area contributed by atoms with Gasteiger partial charge in [-0.2, -0.15) is 0 Å². The lowest BCUT2D eigenvalue weighted by atomic mass is 9.93. The summed E-state index contributed by atoms with van der Waals surface area (Å²) in [6.07, 6.45) is 1.12. The Bertz CT molecular complexity index is 390. The molecule has 0 aliphatic rings. The van der Waals surface area contributed by atoms with Crippen LogP contribution in [-0.4, -0.2) is 24.6 Å². The van der Waals surface area contributed by atoms with E-state index in [4.69, 9.17) is 9.84 Å². The van der Waals surface area contributed by atoms with Crippen molar-refractivity contribution in [3.8, 4) is 5.75 Å². The van der Waals surface area contributed by atoms with E-state index in [0.717, 1.165) is 15.8 Å². The highest BCUT2D eigenvalue weighted by Crippen LogP contribution is 2.26. The van der Waals surface area contributed by atoms with Crippen LogP contribution in [0.1, 0.15) is 18.9 Å². The Labute approximate surface area is 110 Å². The second-order valence-corrected chi connectivity index (χ2v) is 4.84. The van der Waals surface area contributed by atoms with Crippen LogP contribution in [0.2, 0.25) is 0 Å². The summed E-state index contributed by atoms with van der Waals surface area (Å²) in [6, 6.07) is 5.68. The summed E-state index contributed by atoms with van der Waals surface area (Å²) in [7, 11) is 1.61. The van der Waals surface area contributed by atoms with Crippen molar-refractivity contribution < 1.29 is 14.6 Å². The molecule has 0 aliphatic carbocycles. The minimum atomic E-state index is -0.136. The van der Waals surface area contributed by atoms with E-state index in [1.54, 1.807) is 14.0 Å². The first-order valence-electron chi connectivity index (χ1n) is 5.52. The highest BCUT2D eigenvalue weighted by atomic mass is 79.9. The van der Waals surface area contributed by atoms with Gasteiger partial charge in [0.05, 0.1) is 7.11 Å². The number of methoxy groups -OCH3 is 1. The molecule has 0 aliphatic heterocycles. The minimum absolute atomic E-state index is 0.0336. The monoisotopic (exact) mass is 300 g/mol. The Kier molecular flexibility index (Phi) is 5.65. The second kappa shape index (κ2) is 6.77. The molecule has 0 aromatic heterocycles. The van der Waals surface area contributed by atoms with E-state index in [9.17, 15) is 4.79 Å². The topological polar surface area (TPSA) is 46.5 Å². The summed E-state index contributed by atoms with van der Waals surface area (Å²) in [5.41, 5.74) is 1.03. The maximum Gasteiger partial charge on any atom is 0.133 e. The molecule has 0 saturated carbocycles. The fourth-order valence-corrected chi connectivity index (χ4v) is 2.11. The van der Waals surface area contributed by atoms with Gasteiger partial charge in [-0.3, -0.25) is 4.79 Å². The van der Waals surface area contributed by atoms with E-state index in [1.165, 1.54) is 0 Å². The zero-order valence-electron chi connectivity index (χ0n) is 10.1. The van der Waals surface area contributed by atoms with Crippen LogP contribution in [0.4, 0.5) is 0 Å². The molecule has 0 radical (unpaired) electrons. The number of Topliss-reactive ketones (excluding diaryl/α,β-unsaturated/α-hetero) is 1. The normalized spacial score (nSPS) is 12.2. The number of ether oxygens (including phenoxy) is 1. The number of halogens is 1. The number of rotatable bonds is 6. The van der Waals surface area contributed by atoms with Gasteiger partial charge in [-0.1, -0.05) is 15.9 Å². The van der Waals surface area contributed by atoms with Crippen LogP contribution in [-0.2, 0) is 11.2 Å². The molecule has 3 nitrogen and oxygen atoms in total. The average molecular weight is 301 g/mol. The van der Waals surface area contributed by atoms with Crippen LogP contribution in [0.15, 0.2) is 22.7 Å². The zero-order valence-corrected chi connectivity index (χ0v) is 11.7. The number of ketones is 1. The highest BCUT2D eigenvalue weighted by Gasteiger charge is 2.16. The Morgan fingerprint density at radius 3 is 2.76 bits per heavy atom. The number of benzene rings is 1. The van der Waals surface area contributed by atoms with Gasteiger partial charge in [0.25, 0.3) is 0 Å². The lowest BCUT2D eigenvalue weighted by Crippen LogP contribution is -2.16. The molecule has 1 N–H and O–H groups in total. The summed E-state index contributed by atoms with van der Waals surface area (Å²) >= 11 is 3.46. The second-order valence-electron chi connectivity index (χ2n) is 3.98. The number of carbonyl (C=O) groups is 1. The molecule has 94 valence electrons. The van der Waals surface area contributed by atoms with Crippen LogP contribution in [0.5, 0.6) is 5.75 Å². The van der Waals surface area contributed by atoms with Gasteiger partial charge in [-0.25, -0.2) is 0 Å².